The zero-order valence-electron chi connectivity index (χ0n) is 5.68. The molecule has 0 aromatic carbocycles. The van der Waals surface area contributed by atoms with Gasteiger partial charge in [0.05, 0.1) is 13.2 Å². The van der Waals surface area contributed by atoms with E-state index in [0.717, 1.165) is 13.1 Å². The molecule has 0 aromatic rings. The maximum Gasteiger partial charge on any atom is 0.101 e. The number of hydrogen-bond donors (Lipinski definition) is 2. The smallest absolute Gasteiger partial charge is 0.101 e. The summed E-state index contributed by atoms with van der Waals surface area (Å²) in [6, 6.07) is 0. The second-order valence-corrected chi connectivity index (χ2v) is 2.63. The van der Waals surface area contributed by atoms with Gasteiger partial charge >= 0.3 is 0 Å². The second-order valence-electron chi connectivity index (χ2n) is 2.63. The monoisotopic (exact) mass is 131 g/mol. The van der Waals surface area contributed by atoms with Crippen LogP contribution < -0.4 is 5.32 Å². The number of nitrogens with one attached hydrogen (secondary N) is 1. The lowest BCUT2D eigenvalue weighted by Crippen LogP contribution is -2.49. The molecule has 1 fully saturated rings. The summed E-state index contributed by atoms with van der Waals surface area (Å²) < 4.78 is 5.30. The molecule has 1 saturated heterocycles. The fourth-order valence-electron chi connectivity index (χ4n) is 0.875. The van der Waals surface area contributed by atoms with Gasteiger partial charge in [-0.3, -0.25) is 0 Å². The summed E-state index contributed by atoms with van der Waals surface area (Å²) >= 11 is 0. The van der Waals surface area contributed by atoms with Crippen LogP contribution in [-0.4, -0.2) is 37.0 Å². The molecule has 1 heterocycles. The number of aliphatic hydroxyl groups is 1. The first-order valence-corrected chi connectivity index (χ1v) is 3.22. The van der Waals surface area contributed by atoms with E-state index in [9.17, 15) is 0 Å². The van der Waals surface area contributed by atoms with Gasteiger partial charge in [-0.15, -0.1) is 0 Å². The van der Waals surface area contributed by atoms with E-state index in [1.165, 1.54) is 0 Å². The van der Waals surface area contributed by atoms with Gasteiger partial charge in [0.2, 0.25) is 0 Å². The van der Waals surface area contributed by atoms with E-state index in [1.807, 2.05) is 6.92 Å². The zero-order valence-corrected chi connectivity index (χ0v) is 5.68. The Labute approximate surface area is 55.0 Å². The van der Waals surface area contributed by atoms with Gasteiger partial charge in [-0.2, -0.15) is 0 Å². The van der Waals surface area contributed by atoms with Crippen molar-refractivity contribution < 1.29 is 9.84 Å². The largest absolute Gasteiger partial charge is 0.393 e. The molecule has 1 atom stereocenters. The van der Waals surface area contributed by atoms with Crippen molar-refractivity contribution in [1.82, 2.24) is 5.32 Å². The minimum atomic E-state index is -0.335. The first kappa shape index (κ1) is 6.99. The zero-order chi connectivity index (χ0) is 6.74. The van der Waals surface area contributed by atoms with Crippen LogP contribution in [0.3, 0.4) is 0 Å². The van der Waals surface area contributed by atoms with Crippen molar-refractivity contribution in [3.05, 3.63) is 0 Å². The van der Waals surface area contributed by atoms with Crippen LogP contribution in [0.2, 0.25) is 0 Å². The fraction of sp³-hybridized carbons (Fsp3) is 1.00. The molecule has 9 heavy (non-hydrogen) atoms. The van der Waals surface area contributed by atoms with Crippen molar-refractivity contribution in [2.45, 2.75) is 12.5 Å². The third-order valence-electron chi connectivity index (χ3n) is 1.56. The first-order chi connectivity index (χ1) is 4.27. The third kappa shape index (κ3) is 1.64. The summed E-state index contributed by atoms with van der Waals surface area (Å²) in [5.41, 5.74) is -0.335. The molecule has 0 radical (unpaired) electrons. The Morgan fingerprint density at radius 3 is 2.89 bits per heavy atom. The lowest BCUT2D eigenvalue weighted by molar-refractivity contribution is -0.0831. The molecule has 3 heteroatoms. The molecule has 0 aliphatic carbocycles. The van der Waals surface area contributed by atoms with E-state index < -0.39 is 0 Å². The van der Waals surface area contributed by atoms with Crippen LogP contribution in [0.15, 0.2) is 0 Å². The SMILES string of the molecule is CC1(CO)CNCCO1. The van der Waals surface area contributed by atoms with Crippen molar-refractivity contribution in [2.24, 2.45) is 0 Å². The molecule has 1 aliphatic rings. The summed E-state index contributed by atoms with van der Waals surface area (Å²) in [6.45, 7) is 4.36. The predicted octanol–water partition coefficient (Wildman–Crippen LogP) is -0.643. The van der Waals surface area contributed by atoms with Crippen LogP contribution >= 0.6 is 0 Å². The van der Waals surface area contributed by atoms with E-state index in [0.29, 0.717) is 6.61 Å². The third-order valence-corrected chi connectivity index (χ3v) is 1.56. The van der Waals surface area contributed by atoms with Crippen LogP contribution in [-0.2, 0) is 4.74 Å². The fourth-order valence-corrected chi connectivity index (χ4v) is 0.875. The summed E-state index contributed by atoms with van der Waals surface area (Å²) in [5, 5.41) is 11.9. The molecule has 0 saturated carbocycles. The number of rotatable bonds is 1. The van der Waals surface area contributed by atoms with Crippen molar-refractivity contribution in [3.8, 4) is 0 Å². The molecule has 1 unspecified atom stereocenters. The lowest BCUT2D eigenvalue weighted by atomic mass is 10.1. The van der Waals surface area contributed by atoms with Crippen LogP contribution in [0.4, 0.5) is 0 Å². The molecule has 3 nitrogen and oxygen atoms in total. The highest BCUT2D eigenvalue weighted by molar-refractivity contribution is 4.79. The topological polar surface area (TPSA) is 41.5 Å². The Morgan fingerprint density at radius 1 is 1.78 bits per heavy atom. The van der Waals surface area contributed by atoms with Crippen LogP contribution in [0, 0.1) is 0 Å². The molecule has 0 aromatic heterocycles. The van der Waals surface area contributed by atoms with Crippen molar-refractivity contribution >= 4 is 0 Å². The van der Waals surface area contributed by atoms with Gasteiger partial charge in [-0.05, 0) is 6.92 Å². The predicted molar refractivity (Wildman–Crippen MR) is 34.3 cm³/mol. The Morgan fingerprint density at radius 2 is 2.56 bits per heavy atom. The maximum absolute atomic E-state index is 8.79. The standard InChI is InChI=1S/C6H13NO2/c1-6(5-8)4-7-2-3-9-6/h7-8H,2-5H2,1H3. The van der Waals surface area contributed by atoms with Gasteiger partial charge < -0.3 is 15.2 Å². The lowest BCUT2D eigenvalue weighted by Gasteiger charge is -2.32. The van der Waals surface area contributed by atoms with Gasteiger partial charge in [0.1, 0.15) is 5.60 Å². The van der Waals surface area contributed by atoms with Crippen molar-refractivity contribution in [2.75, 3.05) is 26.3 Å². The molecule has 1 aliphatic heterocycles. The number of ether oxygens (including phenoxy) is 1. The van der Waals surface area contributed by atoms with E-state index in [1.54, 1.807) is 0 Å². The number of morpholine rings is 1. The molecule has 1 rings (SSSR count). The molecule has 2 N–H and O–H groups in total. The van der Waals surface area contributed by atoms with E-state index in [4.69, 9.17) is 9.84 Å². The van der Waals surface area contributed by atoms with Crippen LogP contribution in [0.5, 0.6) is 0 Å². The van der Waals surface area contributed by atoms with E-state index in [-0.39, 0.29) is 12.2 Å². The Balaban J connectivity index is 2.37. The molecule has 0 spiro atoms. The normalized spacial score (nSPS) is 36.7. The summed E-state index contributed by atoms with van der Waals surface area (Å²) in [5.74, 6) is 0. The van der Waals surface area contributed by atoms with Gasteiger partial charge in [0.25, 0.3) is 0 Å². The highest BCUT2D eigenvalue weighted by atomic mass is 16.5. The van der Waals surface area contributed by atoms with Gasteiger partial charge in [-0.1, -0.05) is 0 Å². The Kier molecular flexibility index (Phi) is 2.05. The average Bonchev–Trinajstić information content (AvgIpc) is 1.90. The summed E-state index contributed by atoms with van der Waals surface area (Å²) in [6.07, 6.45) is 0. The van der Waals surface area contributed by atoms with E-state index in [2.05, 4.69) is 5.32 Å². The average molecular weight is 131 g/mol. The van der Waals surface area contributed by atoms with Crippen LogP contribution in [0.1, 0.15) is 6.92 Å². The molecular weight excluding hydrogens is 118 g/mol. The Hall–Kier alpha value is -0.120. The van der Waals surface area contributed by atoms with Crippen LogP contribution in [0.25, 0.3) is 0 Å². The molecule has 0 amide bonds. The maximum atomic E-state index is 8.79. The van der Waals surface area contributed by atoms with Crippen molar-refractivity contribution in [1.29, 1.82) is 0 Å². The summed E-state index contributed by atoms with van der Waals surface area (Å²) in [7, 11) is 0. The quantitative estimate of drug-likeness (QED) is 0.497. The number of hydrogen-bond acceptors (Lipinski definition) is 3. The number of aliphatic hydroxyl groups excluding tert-OH is 1. The Bertz CT molecular complexity index is 89.1. The van der Waals surface area contributed by atoms with Gasteiger partial charge in [-0.25, -0.2) is 0 Å². The molecule has 0 bridgehead atoms. The molecule has 54 valence electrons. The second kappa shape index (κ2) is 2.64. The van der Waals surface area contributed by atoms with Crippen molar-refractivity contribution in [3.63, 3.8) is 0 Å². The van der Waals surface area contributed by atoms with Gasteiger partial charge in [0.15, 0.2) is 0 Å². The minimum absolute atomic E-state index is 0.0972. The van der Waals surface area contributed by atoms with Gasteiger partial charge in [0, 0.05) is 13.1 Å². The van der Waals surface area contributed by atoms with E-state index >= 15 is 0 Å². The highest BCUT2D eigenvalue weighted by Crippen LogP contribution is 2.09. The summed E-state index contributed by atoms with van der Waals surface area (Å²) in [4.78, 5) is 0. The minimum Gasteiger partial charge on any atom is -0.393 e. The molecular formula is C6H13NO2. The first-order valence-electron chi connectivity index (χ1n) is 3.22. The highest BCUT2D eigenvalue weighted by Gasteiger charge is 2.26.